The molecule has 4 aliphatic rings. The smallest absolute Gasteiger partial charge is 0.164 e. The summed E-state index contributed by atoms with van der Waals surface area (Å²) in [5.41, 5.74) is 10.5. The Morgan fingerprint density at radius 1 is 0.414 bits per heavy atom. The minimum absolute atomic E-state index is 0.400. The van der Waals surface area contributed by atoms with E-state index in [0.29, 0.717) is 22.9 Å². The Balaban J connectivity index is 0.931. The number of aromatic nitrogens is 3. The average Bonchev–Trinajstić information content (AvgIpc) is 3.84. The van der Waals surface area contributed by atoms with Crippen molar-refractivity contribution in [3.8, 4) is 45.3 Å². The highest BCUT2D eigenvalue weighted by Gasteiger charge is 2.51. The van der Waals surface area contributed by atoms with Crippen LogP contribution in [-0.4, -0.2) is 15.0 Å². The molecule has 10 aromatic rings. The molecule has 0 spiro atoms. The predicted molar refractivity (Wildman–Crippen MR) is 233 cm³/mol. The van der Waals surface area contributed by atoms with Gasteiger partial charge in [0.2, 0.25) is 0 Å². The second-order valence-electron chi connectivity index (χ2n) is 17.4. The van der Waals surface area contributed by atoms with E-state index in [1.807, 2.05) is 54.6 Å². The lowest BCUT2D eigenvalue weighted by molar-refractivity contribution is -0.00518. The summed E-state index contributed by atoms with van der Waals surface area (Å²) in [4.78, 5) is 15.6. The van der Waals surface area contributed by atoms with Crippen LogP contribution in [-0.2, 0) is 5.41 Å². The first kappa shape index (κ1) is 32.5. The normalized spacial score (nSPS) is 21.3. The molecule has 5 heteroatoms. The third kappa shape index (κ3) is 4.98. The lowest BCUT2D eigenvalue weighted by Gasteiger charge is -2.57. The van der Waals surface area contributed by atoms with E-state index >= 15 is 0 Å². The number of fused-ring (bicyclic) bond motifs is 7. The van der Waals surface area contributed by atoms with Crippen molar-refractivity contribution < 1.29 is 8.83 Å². The van der Waals surface area contributed by atoms with Crippen LogP contribution in [0.5, 0.6) is 0 Å². The summed E-state index contributed by atoms with van der Waals surface area (Å²) in [6, 6.07) is 51.5. The molecular weight excluding hydrogens is 711 g/mol. The maximum Gasteiger partial charge on any atom is 0.164 e. The molecule has 5 nitrogen and oxygen atoms in total. The van der Waals surface area contributed by atoms with E-state index in [4.69, 9.17) is 23.8 Å². The largest absolute Gasteiger partial charge is 0.456 e. The molecule has 0 unspecified atom stereocenters. The summed E-state index contributed by atoms with van der Waals surface area (Å²) in [5, 5.41) is 6.55. The summed E-state index contributed by atoms with van der Waals surface area (Å²) in [6.45, 7) is 0. The van der Waals surface area contributed by atoms with Gasteiger partial charge in [-0.2, -0.15) is 0 Å². The van der Waals surface area contributed by atoms with Gasteiger partial charge in [0.05, 0.1) is 0 Å². The molecule has 4 saturated carbocycles. The highest BCUT2D eigenvalue weighted by Crippen LogP contribution is 2.60. The molecule has 4 fully saturated rings. The van der Waals surface area contributed by atoms with Gasteiger partial charge in [-0.05, 0) is 126 Å². The molecule has 278 valence electrons. The SMILES string of the molecule is c1cc(-c2ccc(C34CC5CC(CC(C5)C3)C4)cc2)c2ccc(-c3nc(-c4ccc5c(c4)oc4ccccc45)nc(-c4cccc5oc6ccccc6c45)n3)cc2c1. The Morgan fingerprint density at radius 3 is 1.72 bits per heavy atom. The predicted octanol–water partition coefficient (Wildman–Crippen LogP) is 14.0. The van der Waals surface area contributed by atoms with Crippen molar-refractivity contribution in [2.45, 2.75) is 43.9 Å². The second-order valence-corrected chi connectivity index (χ2v) is 17.4. The molecule has 4 aliphatic carbocycles. The molecule has 0 atom stereocenters. The quantitative estimate of drug-likeness (QED) is 0.175. The van der Waals surface area contributed by atoms with Crippen molar-refractivity contribution in [1.29, 1.82) is 0 Å². The maximum absolute atomic E-state index is 6.31. The number of hydrogen-bond acceptors (Lipinski definition) is 5. The minimum atomic E-state index is 0.400. The van der Waals surface area contributed by atoms with Crippen LogP contribution in [0.25, 0.3) is 99.9 Å². The van der Waals surface area contributed by atoms with E-state index in [2.05, 4.69) is 91.0 Å². The van der Waals surface area contributed by atoms with Gasteiger partial charge in [0.25, 0.3) is 0 Å². The van der Waals surface area contributed by atoms with Crippen molar-refractivity contribution in [3.05, 3.63) is 151 Å². The third-order valence-electron chi connectivity index (χ3n) is 13.9. The molecule has 0 aliphatic heterocycles. The molecule has 0 radical (unpaired) electrons. The van der Waals surface area contributed by atoms with E-state index in [1.165, 1.54) is 55.0 Å². The number of hydrogen-bond donors (Lipinski definition) is 0. The topological polar surface area (TPSA) is 65.0 Å². The molecule has 3 heterocycles. The molecule has 0 amide bonds. The van der Waals surface area contributed by atoms with Crippen LogP contribution >= 0.6 is 0 Å². The van der Waals surface area contributed by atoms with Crippen LogP contribution in [0.1, 0.15) is 44.1 Å². The van der Waals surface area contributed by atoms with Crippen LogP contribution in [0.3, 0.4) is 0 Å². The van der Waals surface area contributed by atoms with Gasteiger partial charge in [-0.3, -0.25) is 0 Å². The van der Waals surface area contributed by atoms with E-state index < -0.39 is 0 Å². The van der Waals surface area contributed by atoms with E-state index in [1.54, 1.807) is 5.56 Å². The van der Waals surface area contributed by atoms with Crippen LogP contribution in [0.15, 0.2) is 154 Å². The molecular formula is C53H39N3O2. The number of benzene rings is 7. The van der Waals surface area contributed by atoms with Crippen LogP contribution < -0.4 is 0 Å². The molecule has 58 heavy (non-hydrogen) atoms. The van der Waals surface area contributed by atoms with Gasteiger partial charge in [-0.25, -0.2) is 15.0 Å². The fraction of sp³-hybridized carbons (Fsp3) is 0.189. The highest BCUT2D eigenvalue weighted by atomic mass is 16.3. The van der Waals surface area contributed by atoms with E-state index in [0.717, 1.165) is 83.7 Å². The van der Waals surface area contributed by atoms with Gasteiger partial charge in [0, 0.05) is 38.2 Å². The Bertz CT molecular complexity index is 3250. The Kier molecular flexibility index (Phi) is 6.84. The van der Waals surface area contributed by atoms with Gasteiger partial charge >= 0.3 is 0 Å². The van der Waals surface area contributed by atoms with Crippen LogP contribution in [0.4, 0.5) is 0 Å². The minimum Gasteiger partial charge on any atom is -0.456 e. The van der Waals surface area contributed by atoms with Gasteiger partial charge in [0.15, 0.2) is 17.5 Å². The summed E-state index contributed by atoms with van der Waals surface area (Å²) >= 11 is 0. The van der Waals surface area contributed by atoms with Crippen LogP contribution in [0.2, 0.25) is 0 Å². The van der Waals surface area contributed by atoms with Crippen molar-refractivity contribution >= 4 is 54.6 Å². The first-order valence-electron chi connectivity index (χ1n) is 20.8. The summed E-state index contributed by atoms with van der Waals surface area (Å²) in [6.07, 6.45) is 8.57. The Morgan fingerprint density at radius 2 is 0.966 bits per heavy atom. The fourth-order valence-electron chi connectivity index (χ4n) is 11.7. The maximum atomic E-state index is 6.31. The molecule has 3 aromatic heterocycles. The zero-order valence-corrected chi connectivity index (χ0v) is 32.0. The fourth-order valence-corrected chi connectivity index (χ4v) is 11.7. The summed E-state index contributed by atoms with van der Waals surface area (Å²) < 4.78 is 12.6. The summed E-state index contributed by atoms with van der Waals surface area (Å²) in [5.74, 6) is 4.61. The number of nitrogens with zero attached hydrogens (tertiary/aromatic N) is 3. The zero-order valence-electron chi connectivity index (χ0n) is 32.0. The highest BCUT2D eigenvalue weighted by molar-refractivity contribution is 6.12. The molecule has 0 N–H and O–H groups in total. The monoisotopic (exact) mass is 749 g/mol. The molecule has 14 rings (SSSR count). The van der Waals surface area contributed by atoms with Crippen molar-refractivity contribution in [2.24, 2.45) is 17.8 Å². The van der Waals surface area contributed by atoms with Crippen LogP contribution in [0, 0.1) is 17.8 Å². The standard InChI is InChI=1S/C53H39N3O2/c1-3-12-45-41(8-1)42-22-18-37(27-48(42)58-45)51-54-50(55-52(56-51)44-11-6-14-47-49(44)43-9-2-4-13-46(43)57-47)36-17-21-40-35(26-36)7-5-10-39(40)34-15-19-38(20-16-34)53-28-31-23-32(29-53)25-33(24-31)30-53/h1-22,26-27,31-33H,23-25,28-30H2. The van der Waals surface area contributed by atoms with Gasteiger partial charge in [-0.1, -0.05) is 109 Å². The first-order chi connectivity index (χ1) is 28.6. The van der Waals surface area contributed by atoms with E-state index in [-0.39, 0.29) is 0 Å². The molecule has 0 saturated heterocycles. The van der Waals surface area contributed by atoms with E-state index in [9.17, 15) is 0 Å². The van der Waals surface area contributed by atoms with Crippen molar-refractivity contribution in [1.82, 2.24) is 15.0 Å². The molecule has 4 bridgehead atoms. The van der Waals surface area contributed by atoms with Gasteiger partial charge in [0.1, 0.15) is 22.3 Å². The lowest BCUT2D eigenvalue weighted by atomic mass is 9.48. The molecule has 7 aromatic carbocycles. The Labute approximate surface area is 335 Å². The van der Waals surface area contributed by atoms with Crippen molar-refractivity contribution in [2.75, 3.05) is 0 Å². The zero-order chi connectivity index (χ0) is 38.0. The third-order valence-corrected chi connectivity index (χ3v) is 13.9. The average molecular weight is 750 g/mol. The number of rotatable bonds is 5. The lowest BCUT2D eigenvalue weighted by Crippen LogP contribution is -2.48. The summed E-state index contributed by atoms with van der Waals surface area (Å²) in [7, 11) is 0. The van der Waals surface area contributed by atoms with Crippen molar-refractivity contribution in [3.63, 3.8) is 0 Å². The Hall–Kier alpha value is -6.59. The van der Waals surface area contributed by atoms with Gasteiger partial charge < -0.3 is 8.83 Å². The number of para-hydroxylation sites is 2. The number of furan rings is 2. The first-order valence-corrected chi connectivity index (χ1v) is 20.8. The second kappa shape index (κ2) is 12.2. The van der Waals surface area contributed by atoms with Gasteiger partial charge in [-0.15, -0.1) is 0 Å².